The molecule has 0 radical (unpaired) electrons. The molecule has 0 spiro atoms. The number of hydrogen-bond acceptors (Lipinski definition) is 5. The second-order valence-electron chi connectivity index (χ2n) is 25.7. The van der Waals surface area contributed by atoms with Crippen molar-refractivity contribution in [1.82, 2.24) is 0 Å². The Morgan fingerprint density at radius 1 is 0.256 bits per heavy atom. The van der Waals surface area contributed by atoms with E-state index in [0.717, 1.165) is 109 Å². The van der Waals surface area contributed by atoms with Crippen LogP contribution in [0, 0.1) is 0 Å². The van der Waals surface area contributed by atoms with Gasteiger partial charge < -0.3 is 14.6 Å². The number of carbonyl (C=O) groups is 2. The van der Waals surface area contributed by atoms with Crippen LogP contribution in [-0.4, -0.2) is 36.4 Å². The summed E-state index contributed by atoms with van der Waals surface area (Å²) in [5, 5.41) is 9.73. The number of carbonyl (C=O) groups excluding carboxylic acids is 2. The largest absolute Gasteiger partial charge is 0.462 e. The molecule has 0 saturated heterocycles. The van der Waals surface area contributed by atoms with Gasteiger partial charge in [0.1, 0.15) is 6.61 Å². The Balaban J connectivity index is 3.42. The highest BCUT2D eigenvalue weighted by atomic mass is 16.6. The lowest BCUT2D eigenvalue weighted by Gasteiger charge is -2.15. The summed E-state index contributed by atoms with van der Waals surface area (Å²) in [4.78, 5) is 24.7. The van der Waals surface area contributed by atoms with Crippen molar-refractivity contribution in [3.63, 3.8) is 0 Å². The third-order valence-corrected chi connectivity index (χ3v) is 16.9. The van der Waals surface area contributed by atoms with Crippen LogP contribution in [0.2, 0.25) is 0 Å². The number of rotatable bonds is 71. The van der Waals surface area contributed by atoms with Gasteiger partial charge in [-0.1, -0.05) is 385 Å². The van der Waals surface area contributed by atoms with E-state index in [1.807, 2.05) is 0 Å². The number of unbranched alkanes of at least 4 members (excludes halogenated alkanes) is 41. The molecular weight excluding hydrogens is 1100 g/mol. The van der Waals surface area contributed by atoms with E-state index >= 15 is 0 Å². The van der Waals surface area contributed by atoms with Gasteiger partial charge in [-0.05, 0) is 109 Å². The summed E-state index contributed by atoms with van der Waals surface area (Å²) in [5.41, 5.74) is 0. The Kier molecular flexibility index (Phi) is 75.8. The zero-order valence-corrected chi connectivity index (χ0v) is 59.4. The molecule has 0 rings (SSSR count). The maximum Gasteiger partial charge on any atom is 0.306 e. The molecule has 0 aliphatic carbocycles. The van der Waals surface area contributed by atoms with Crippen molar-refractivity contribution < 1.29 is 24.2 Å². The minimum Gasteiger partial charge on any atom is -0.462 e. The molecule has 0 aromatic rings. The van der Waals surface area contributed by atoms with Crippen molar-refractivity contribution in [2.24, 2.45) is 0 Å². The van der Waals surface area contributed by atoms with Gasteiger partial charge in [-0.25, -0.2) is 0 Å². The quantitative estimate of drug-likeness (QED) is 0.0373. The minimum atomic E-state index is -0.777. The molecule has 0 bridgehead atoms. The van der Waals surface area contributed by atoms with Crippen molar-refractivity contribution in [1.29, 1.82) is 0 Å². The topological polar surface area (TPSA) is 72.8 Å². The normalized spacial score (nSPS) is 13.0. The Bertz CT molecular complexity index is 1800. The van der Waals surface area contributed by atoms with Gasteiger partial charge in [0.2, 0.25) is 0 Å². The van der Waals surface area contributed by atoms with Gasteiger partial charge in [-0.15, -0.1) is 0 Å². The van der Waals surface area contributed by atoms with Crippen LogP contribution in [0.4, 0.5) is 0 Å². The molecule has 1 unspecified atom stereocenters. The first-order valence-electron chi connectivity index (χ1n) is 38.7. The smallest absolute Gasteiger partial charge is 0.306 e. The molecule has 0 heterocycles. The lowest BCUT2D eigenvalue weighted by atomic mass is 10.0. The van der Waals surface area contributed by atoms with Crippen LogP contribution in [-0.2, 0) is 19.1 Å². The van der Waals surface area contributed by atoms with Crippen molar-refractivity contribution in [3.8, 4) is 0 Å². The molecule has 516 valence electrons. The molecule has 90 heavy (non-hydrogen) atoms. The SMILES string of the molecule is CC/C=C\C/C=C\C/C=C\C/C=C\C/C=C\C/C=C\CCCCCCCCCCCCCCCCCCCCCCC(=O)OC(CO)COC(=O)CCCCCCCCCCCCCCCCCCCCCCC/C=C\C/C=C\C/C=C\C/C=C\C/C=C\CC. The summed E-state index contributed by atoms with van der Waals surface area (Å²) in [6.45, 7) is 3.95. The van der Waals surface area contributed by atoms with Crippen LogP contribution in [0.25, 0.3) is 0 Å². The Hall–Kier alpha value is -3.96. The van der Waals surface area contributed by atoms with E-state index in [0.29, 0.717) is 12.8 Å². The molecule has 0 saturated carbocycles. The molecule has 0 amide bonds. The minimum absolute atomic E-state index is 0.0649. The summed E-state index contributed by atoms with van der Waals surface area (Å²) in [6.07, 6.45) is 118. The third kappa shape index (κ3) is 76.5. The lowest BCUT2D eigenvalue weighted by molar-refractivity contribution is -0.161. The van der Waals surface area contributed by atoms with E-state index < -0.39 is 6.10 Å². The second-order valence-corrected chi connectivity index (χ2v) is 25.7. The highest BCUT2D eigenvalue weighted by Crippen LogP contribution is 2.19. The van der Waals surface area contributed by atoms with Crippen LogP contribution < -0.4 is 0 Å². The first kappa shape index (κ1) is 86.0. The fraction of sp³-hybridized carbons (Fsp3) is 0.718. The van der Waals surface area contributed by atoms with Gasteiger partial charge in [-0.3, -0.25) is 9.59 Å². The monoisotopic (exact) mass is 1250 g/mol. The number of allylic oxidation sites excluding steroid dienone is 22. The Morgan fingerprint density at radius 3 is 0.667 bits per heavy atom. The molecule has 0 aliphatic heterocycles. The molecule has 1 N–H and O–H groups in total. The summed E-state index contributed by atoms with van der Waals surface area (Å²) in [6, 6.07) is 0. The molecule has 0 aromatic carbocycles. The van der Waals surface area contributed by atoms with E-state index in [2.05, 4.69) is 148 Å². The van der Waals surface area contributed by atoms with E-state index in [1.54, 1.807) is 0 Å². The molecule has 1 atom stereocenters. The predicted molar refractivity (Wildman–Crippen MR) is 398 cm³/mol. The van der Waals surface area contributed by atoms with Gasteiger partial charge in [0.15, 0.2) is 6.10 Å². The van der Waals surface area contributed by atoms with Gasteiger partial charge in [0.25, 0.3) is 0 Å². The summed E-state index contributed by atoms with van der Waals surface area (Å²) in [7, 11) is 0. The lowest BCUT2D eigenvalue weighted by Crippen LogP contribution is -2.28. The molecule has 0 fully saturated rings. The van der Waals surface area contributed by atoms with Crippen molar-refractivity contribution in [2.75, 3.05) is 13.2 Å². The molecule has 5 nitrogen and oxygen atoms in total. The van der Waals surface area contributed by atoms with Crippen molar-refractivity contribution in [3.05, 3.63) is 134 Å². The van der Waals surface area contributed by atoms with E-state index in [4.69, 9.17) is 9.47 Å². The third-order valence-electron chi connectivity index (χ3n) is 16.9. The van der Waals surface area contributed by atoms with E-state index in [1.165, 1.54) is 238 Å². The van der Waals surface area contributed by atoms with Crippen LogP contribution in [0.5, 0.6) is 0 Å². The van der Waals surface area contributed by atoms with Crippen LogP contribution in [0.3, 0.4) is 0 Å². The molecule has 0 aromatic heterocycles. The van der Waals surface area contributed by atoms with E-state index in [-0.39, 0.29) is 25.2 Å². The molecular formula is C85H146O5. The fourth-order valence-electron chi connectivity index (χ4n) is 11.2. The van der Waals surface area contributed by atoms with Crippen LogP contribution in [0.1, 0.15) is 373 Å². The number of ether oxygens (including phenoxy) is 2. The maximum atomic E-state index is 12.4. The first-order chi connectivity index (χ1) is 44.6. The average molecular weight is 1250 g/mol. The van der Waals surface area contributed by atoms with Gasteiger partial charge in [0, 0.05) is 12.8 Å². The zero-order valence-electron chi connectivity index (χ0n) is 59.4. The molecule has 5 heteroatoms. The number of hydrogen-bond donors (Lipinski definition) is 1. The number of aliphatic hydroxyl groups is 1. The van der Waals surface area contributed by atoms with Crippen molar-refractivity contribution >= 4 is 11.9 Å². The van der Waals surface area contributed by atoms with Crippen molar-refractivity contribution in [2.45, 2.75) is 380 Å². The van der Waals surface area contributed by atoms with Gasteiger partial charge in [-0.2, -0.15) is 0 Å². The zero-order chi connectivity index (χ0) is 64.7. The Morgan fingerprint density at radius 2 is 0.444 bits per heavy atom. The van der Waals surface area contributed by atoms with Crippen LogP contribution in [0.15, 0.2) is 134 Å². The van der Waals surface area contributed by atoms with E-state index in [9.17, 15) is 14.7 Å². The first-order valence-corrected chi connectivity index (χ1v) is 38.7. The molecule has 0 aliphatic rings. The number of esters is 2. The van der Waals surface area contributed by atoms with Gasteiger partial charge in [0.05, 0.1) is 6.61 Å². The standard InChI is InChI=1S/C85H146O5/c1-3-5-7-9-11-13-15-17-19-21-23-25-27-29-31-33-35-37-39-41-42-44-46-48-50-52-54-56-58-60-62-64-66-68-70-72-74-76-78-80-85(88)90-83(81-86)82-89-84(87)79-77-75-73-71-69-67-65-63-61-59-57-55-53-51-49-47-45-43-40-38-36-34-32-30-28-26-24-22-20-18-16-14-12-10-8-6-4-2/h5-8,11-14,17-20,23-26,29-32,35,37,83,86H,3-4,9-10,15-16,21-22,27-28,33-34,36,38-82H2,1-2H3/b7-5-,8-6-,13-11-,14-12-,19-17-,20-18-,25-23-,26-24-,31-29-,32-30-,37-35-. The summed E-state index contributed by atoms with van der Waals surface area (Å²) >= 11 is 0. The second kappa shape index (κ2) is 79.3. The summed E-state index contributed by atoms with van der Waals surface area (Å²) < 4.78 is 10.8. The van der Waals surface area contributed by atoms with Gasteiger partial charge >= 0.3 is 11.9 Å². The highest BCUT2D eigenvalue weighted by Gasteiger charge is 2.16. The summed E-state index contributed by atoms with van der Waals surface area (Å²) in [5.74, 6) is -0.575. The fourth-order valence-corrected chi connectivity index (χ4v) is 11.2. The Labute approximate surface area is 559 Å². The average Bonchev–Trinajstić information content (AvgIpc) is 3.59. The number of aliphatic hydroxyl groups excluding tert-OH is 1. The predicted octanol–water partition coefficient (Wildman–Crippen LogP) is 27.4. The highest BCUT2D eigenvalue weighted by molar-refractivity contribution is 5.70. The maximum absolute atomic E-state index is 12.4. The van der Waals surface area contributed by atoms with Crippen LogP contribution >= 0.6 is 0 Å².